The summed E-state index contributed by atoms with van der Waals surface area (Å²) in [6, 6.07) is 8.54. The summed E-state index contributed by atoms with van der Waals surface area (Å²) in [5, 5.41) is 0. The Morgan fingerprint density at radius 3 is 1.42 bits per heavy atom. The Balaban J connectivity index is 2.14. The molecule has 19 heteroatoms. The molecule has 0 aliphatic carbocycles. The van der Waals surface area contributed by atoms with E-state index in [2.05, 4.69) is 0 Å². The zero-order chi connectivity index (χ0) is 39.4. The van der Waals surface area contributed by atoms with E-state index in [0.717, 1.165) is 48.5 Å². The minimum Gasteiger partial charge on any atom is -0.463 e. The summed E-state index contributed by atoms with van der Waals surface area (Å²) in [4.78, 5) is 99.1. The molecule has 292 valence electrons. The Bertz CT molecular complexity index is 1490. The van der Waals surface area contributed by atoms with Crippen LogP contribution < -0.4 is 0 Å². The monoisotopic (exact) mass is 754 g/mol. The zero-order valence-corrected chi connectivity index (χ0v) is 30.0. The van der Waals surface area contributed by atoms with Gasteiger partial charge in [0, 0.05) is 48.5 Å². The second-order valence-corrected chi connectivity index (χ2v) is 11.8. The van der Waals surface area contributed by atoms with E-state index >= 15 is 0 Å². The van der Waals surface area contributed by atoms with Crippen LogP contribution in [0.5, 0.6) is 0 Å². The topological polar surface area (TPSA) is 238 Å². The second-order valence-electron chi connectivity index (χ2n) is 11.8. The fraction of sp³-hybridized carbons (Fsp3) is 0.588. The predicted octanol–water partition coefficient (Wildman–Crippen LogP) is 0.392. The smallest absolute Gasteiger partial charge is 0.339 e. The number of ether oxygens (including phenoxy) is 11. The Hall–Kier alpha value is -5.14. The van der Waals surface area contributed by atoms with Gasteiger partial charge in [-0.2, -0.15) is 0 Å². The standard InChI is InChI=1S/C34H42O19/c1-16(35)43-14-24-27(28(47-19(4)38)30(49-21(6)40)31(51-24)33(42)45-13-23-11-9-8-10-12-23)53-34-32(50-22(7)41)29(48-20(5)39)26(46-18(3)37)25(52-34)15-44-17(2)36/h8-12,24-32,34H,13-15H2,1-7H3/t24?,25?,26-,27-,28?,29?,30?,31?,32?,34+/m1/s1. The molecule has 0 spiro atoms. The summed E-state index contributed by atoms with van der Waals surface area (Å²) in [6.07, 6.45) is -16.8. The van der Waals surface area contributed by atoms with Crippen molar-refractivity contribution in [2.75, 3.05) is 13.2 Å². The first-order valence-electron chi connectivity index (χ1n) is 16.3. The Morgan fingerprint density at radius 1 is 0.491 bits per heavy atom. The summed E-state index contributed by atoms with van der Waals surface area (Å²) in [7, 11) is 0. The number of carbonyl (C=O) groups is 8. The number of benzene rings is 1. The zero-order valence-electron chi connectivity index (χ0n) is 30.0. The van der Waals surface area contributed by atoms with Gasteiger partial charge in [0.1, 0.15) is 38.1 Å². The molecular formula is C34H42O19. The van der Waals surface area contributed by atoms with Crippen molar-refractivity contribution in [1.82, 2.24) is 0 Å². The average Bonchev–Trinajstić information content (AvgIpc) is 3.05. The Morgan fingerprint density at radius 2 is 0.925 bits per heavy atom. The van der Waals surface area contributed by atoms with Crippen LogP contribution in [0.1, 0.15) is 54.0 Å². The minimum absolute atomic E-state index is 0.232. The van der Waals surface area contributed by atoms with Crippen molar-refractivity contribution in [3.05, 3.63) is 35.9 Å². The minimum atomic E-state index is -1.86. The van der Waals surface area contributed by atoms with E-state index in [4.69, 9.17) is 52.1 Å². The molecule has 1 aromatic rings. The molecular weight excluding hydrogens is 712 g/mol. The molecule has 19 nitrogen and oxygen atoms in total. The van der Waals surface area contributed by atoms with Crippen LogP contribution >= 0.6 is 0 Å². The fourth-order valence-corrected chi connectivity index (χ4v) is 5.51. The first-order valence-corrected chi connectivity index (χ1v) is 16.3. The van der Waals surface area contributed by atoms with Crippen LogP contribution in [0.2, 0.25) is 0 Å². The molecule has 2 heterocycles. The lowest BCUT2D eigenvalue weighted by Crippen LogP contribution is -2.68. The van der Waals surface area contributed by atoms with Crippen molar-refractivity contribution in [2.24, 2.45) is 0 Å². The second kappa shape index (κ2) is 19.6. The first-order chi connectivity index (χ1) is 25.0. The quantitative estimate of drug-likeness (QED) is 0.184. The SMILES string of the molecule is CC(=O)OCC1OC(C(=O)OCc2ccccc2)C(OC(C)=O)C(OC(C)=O)[C@@H]1O[C@@H]1OC(COC(C)=O)[C@@H](OC(C)=O)C(OC(C)=O)C1OC(C)=O. The molecule has 0 aromatic heterocycles. The lowest BCUT2D eigenvalue weighted by Gasteiger charge is -2.48. The van der Waals surface area contributed by atoms with E-state index in [-0.39, 0.29) is 6.61 Å². The van der Waals surface area contributed by atoms with E-state index in [1.807, 2.05) is 0 Å². The molecule has 2 aliphatic heterocycles. The van der Waals surface area contributed by atoms with E-state index < -0.39 is 122 Å². The van der Waals surface area contributed by atoms with Crippen molar-refractivity contribution < 1.29 is 90.5 Å². The molecule has 7 unspecified atom stereocenters. The van der Waals surface area contributed by atoms with Gasteiger partial charge >= 0.3 is 47.8 Å². The summed E-state index contributed by atoms with van der Waals surface area (Å²) in [6.45, 7) is 5.76. The van der Waals surface area contributed by atoms with Gasteiger partial charge in [0.2, 0.25) is 0 Å². The van der Waals surface area contributed by atoms with Crippen molar-refractivity contribution in [3.8, 4) is 0 Å². The highest BCUT2D eigenvalue weighted by Gasteiger charge is 2.58. The van der Waals surface area contributed by atoms with E-state index in [1.165, 1.54) is 0 Å². The highest BCUT2D eigenvalue weighted by atomic mass is 16.8. The number of hydrogen-bond acceptors (Lipinski definition) is 19. The maximum atomic E-state index is 13.5. The molecule has 0 radical (unpaired) electrons. The molecule has 3 rings (SSSR count). The van der Waals surface area contributed by atoms with E-state index in [9.17, 15) is 38.4 Å². The normalized spacial score (nSPS) is 27.9. The highest BCUT2D eigenvalue weighted by Crippen LogP contribution is 2.35. The molecule has 2 saturated heterocycles. The van der Waals surface area contributed by atoms with Crippen molar-refractivity contribution in [1.29, 1.82) is 0 Å². The Labute approximate surface area is 303 Å². The molecule has 1 aromatic carbocycles. The van der Waals surface area contributed by atoms with Crippen LogP contribution in [0, 0.1) is 0 Å². The molecule has 2 fully saturated rings. The lowest BCUT2D eigenvalue weighted by molar-refractivity contribution is -0.344. The molecule has 0 bridgehead atoms. The first kappa shape index (κ1) is 42.3. The van der Waals surface area contributed by atoms with Gasteiger partial charge in [-0.15, -0.1) is 0 Å². The van der Waals surface area contributed by atoms with Gasteiger partial charge in [-0.05, 0) is 5.56 Å². The van der Waals surface area contributed by atoms with Crippen LogP contribution in [0.15, 0.2) is 30.3 Å². The van der Waals surface area contributed by atoms with Crippen LogP contribution in [0.3, 0.4) is 0 Å². The van der Waals surface area contributed by atoms with Crippen LogP contribution in [0.4, 0.5) is 0 Å². The van der Waals surface area contributed by atoms with Crippen molar-refractivity contribution in [3.63, 3.8) is 0 Å². The maximum absolute atomic E-state index is 13.5. The molecule has 0 amide bonds. The van der Waals surface area contributed by atoms with Gasteiger partial charge in [-0.1, -0.05) is 30.3 Å². The average molecular weight is 755 g/mol. The summed E-state index contributed by atoms with van der Waals surface area (Å²) in [5.74, 6) is -7.27. The number of hydrogen-bond donors (Lipinski definition) is 0. The number of carbonyl (C=O) groups excluding carboxylic acids is 8. The summed E-state index contributed by atoms with van der Waals surface area (Å²) >= 11 is 0. The summed E-state index contributed by atoms with van der Waals surface area (Å²) < 4.78 is 61.4. The van der Waals surface area contributed by atoms with Gasteiger partial charge in [-0.3, -0.25) is 33.6 Å². The number of esters is 8. The largest absolute Gasteiger partial charge is 0.463 e. The van der Waals surface area contributed by atoms with Gasteiger partial charge in [0.05, 0.1) is 0 Å². The van der Waals surface area contributed by atoms with Gasteiger partial charge in [-0.25, -0.2) is 4.79 Å². The maximum Gasteiger partial charge on any atom is 0.339 e. The van der Waals surface area contributed by atoms with Crippen molar-refractivity contribution in [2.45, 2.75) is 116 Å². The van der Waals surface area contributed by atoms with Crippen LogP contribution in [0.25, 0.3) is 0 Å². The lowest BCUT2D eigenvalue weighted by atomic mass is 9.93. The van der Waals surface area contributed by atoms with Crippen LogP contribution in [-0.4, -0.2) is 122 Å². The molecule has 53 heavy (non-hydrogen) atoms. The van der Waals surface area contributed by atoms with Gasteiger partial charge < -0.3 is 52.1 Å². The highest BCUT2D eigenvalue weighted by molar-refractivity contribution is 5.77. The third-order valence-corrected chi connectivity index (χ3v) is 7.38. The number of rotatable bonds is 14. The van der Waals surface area contributed by atoms with Gasteiger partial charge in [0.15, 0.2) is 42.9 Å². The molecule has 10 atom stereocenters. The molecule has 0 N–H and O–H groups in total. The fourth-order valence-electron chi connectivity index (χ4n) is 5.51. The third-order valence-electron chi connectivity index (χ3n) is 7.38. The van der Waals surface area contributed by atoms with E-state index in [1.54, 1.807) is 30.3 Å². The van der Waals surface area contributed by atoms with Crippen LogP contribution in [-0.2, 0) is 97.1 Å². The van der Waals surface area contributed by atoms with Crippen molar-refractivity contribution >= 4 is 47.8 Å². The van der Waals surface area contributed by atoms with Gasteiger partial charge in [0.25, 0.3) is 0 Å². The Kier molecular flexibility index (Phi) is 15.7. The third kappa shape index (κ3) is 12.8. The summed E-state index contributed by atoms with van der Waals surface area (Å²) in [5.41, 5.74) is 0.596. The molecule has 2 aliphatic rings. The molecule has 0 saturated carbocycles. The predicted molar refractivity (Wildman–Crippen MR) is 169 cm³/mol. The van der Waals surface area contributed by atoms with E-state index in [0.29, 0.717) is 5.56 Å².